The predicted octanol–water partition coefficient (Wildman–Crippen LogP) is 4.76. The molecule has 1 amide bonds. The van der Waals surface area contributed by atoms with Crippen molar-refractivity contribution >= 4 is 40.4 Å². The number of ether oxygens (including phenoxy) is 1. The van der Waals surface area contributed by atoms with Crippen molar-refractivity contribution in [2.24, 2.45) is 4.99 Å². The van der Waals surface area contributed by atoms with Crippen LogP contribution in [0.1, 0.15) is 28.4 Å². The number of aliphatic hydroxyl groups excluding tert-OH is 1. The van der Waals surface area contributed by atoms with E-state index in [4.69, 9.17) is 4.74 Å². The van der Waals surface area contributed by atoms with Gasteiger partial charge in [0.15, 0.2) is 0 Å². The largest absolute Gasteiger partial charge is 0.506 e. The van der Waals surface area contributed by atoms with E-state index >= 15 is 0 Å². The van der Waals surface area contributed by atoms with Gasteiger partial charge in [0.05, 0.1) is 11.5 Å². The monoisotopic (exact) mass is 436 g/mol. The van der Waals surface area contributed by atoms with Crippen LogP contribution in [-0.4, -0.2) is 42.7 Å². The molecule has 0 bridgehead atoms. The van der Waals surface area contributed by atoms with Crippen LogP contribution < -0.4 is 4.90 Å². The molecule has 0 aliphatic carbocycles. The Balaban J connectivity index is 1.97. The molecule has 2 aromatic rings. The second-order valence-corrected chi connectivity index (χ2v) is 8.16. The normalized spacial score (nSPS) is 16.1. The number of anilines is 1. The molecule has 0 fully saturated rings. The molecule has 31 heavy (non-hydrogen) atoms. The lowest BCUT2D eigenvalue weighted by Gasteiger charge is -2.11. The molecule has 1 N–H and O–H groups in total. The van der Waals surface area contributed by atoms with E-state index in [2.05, 4.69) is 4.99 Å². The number of hydrogen-bond acceptors (Lipinski definition) is 6. The highest BCUT2D eigenvalue weighted by atomic mass is 32.2. The molecule has 2 aromatic carbocycles. The fourth-order valence-corrected chi connectivity index (χ4v) is 3.88. The highest BCUT2D eigenvalue weighted by molar-refractivity contribution is 8.18. The number of aliphatic hydroxyl groups is 1. The summed E-state index contributed by atoms with van der Waals surface area (Å²) in [6, 6.07) is 14.7. The first-order valence-corrected chi connectivity index (χ1v) is 10.6. The Bertz CT molecular complexity index is 1080. The van der Waals surface area contributed by atoms with E-state index in [-0.39, 0.29) is 23.0 Å². The van der Waals surface area contributed by atoms with E-state index < -0.39 is 11.9 Å². The van der Waals surface area contributed by atoms with E-state index in [1.807, 2.05) is 62.3 Å². The molecule has 1 aliphatic rings. The van der Waals surface area contributed by atoms with Crippen molar-refractivity contribution in [1.29, 1.82) is 0 Å². The molecule has 7 heteroatoms. The summed E-state index contributed by atoms with van der Waals surface area (Å²) in [6.07, 6.45) is 1.75. The Morgan fingerprint density at radius 1 is 1.10 bits per heavy atom. The number of carbonyl (C=O) groups is 2. The van der Waals surface area contributed by atoms with Crippen molar-refractivity contribution in [3.05, 3.63) is 81.5 Å². The quantitative estimate of drug-likeness (QED) is 0.681. The highest BCUT2D eigenvalue weighted by Gasteiger charge is 2.33. The second-order valence-electron chi connectivity index (χ2n) is 7.13. The number of aliphatic imine (C=N–C) groups is 1. The lowest BCUT2D eigenvalue weighted by Crippen LogP contribution is -2.14. The molecule has 0 saturated carbocycles. The van der Waals surface area contributed by atoms with Gasteiger partial charge >= 0.3 is 5.97 Å². The molecule has 6 nitrogen and oxygen atoms in total. The molecule has 160 valence electrons. The standard InChI is InChI=1S/C24H24N2O4S/c1-5-30-24(29)20-21(27)19(14-16-8-12-18(13-9-16)26(3)4)31-23(20)25-22(28)17-10-6-15(2)7-11-17/h6-14,27H,5H2,1-4H3/b19-14-,25-23?. The summed E-state index contributed by atoms with van der Waals surface area (Å²) in [7, 11) is 3.91. The van der Waals surface area contributed by atoms with Crippen LogP contribution in [0.4, 0.5) is 5.69 Å². The maximum absolute atomic E-state index is 12.6. The molecule has 0 saturated heterocycles. The predicted molar refractivity (Wildman–Crippen MR) is 126 cm³/mol. The van der Waals surface area contributed by atoms with Crippen LogP contribution in [0, 0.1) is 6.92 Å². The molecular formula is C24H24N2O4S. The minimum atomic E-state index is -0.714. The van der Waals surface area contributed by atoms with Gasteiger partial charge in [-0.05, 0) is 49.8 Å². The first-order chi connectivity index (χ1) is 14.8. The number of thioether (sulfide) groups is 1. The number of carbonyl (C=O) groups excluding carboxylic acids is 2. The summed E-state index contributed by atoms with van der Waals surface area (Å²) in [5, 5.41) is 10.9. The molecule has 3 rings (SSSR count). The summed E-state index contributed by atoms with van der Waals surface area (Å²) in [4.78, 5) is 31.6. The molecular weight excluding hydrogens is 412 g/mol. The Morgan fingerprint density at radius 2 is 1.74 bits per heavy atom. The first kappa shape index (κ1) is 22.4. The average molecular weight is 437 g/mol. The van der Waals surface area contributed by atoms with Crippen LogP contribution in [0.15, 0.2) is 69.8 Å². The van der Waals surface area contributed by atoms with Crippen LogP contribution >= 0.6 is 11.8 Å². The summed E-state index contributed by atoms with van der Waals surface area (Å²) in [5.41, 5.74) is 3.21. The molecule has 0 atom stereocenters. The number of amides is 1. The van der Waals surface area contributed by atoms with E-state index in [1.165, 1.54) is 0 Å². The fraction of sp³-hybridized carbons (Fsp3) is 0.208. The number of nitrogens with zero attached hydrogens (tertiary/aromatic N) is 2. The van der Waals surface area contributed by atoms with Crippen molar-refractivity contribution in [3.63, 3.8) is 0 Å². The van der Waals surface area contributed by atoms with Gasteiger partial charge in [-0.25, -0.2) is 9.79 Å². The SMILES string of the molecule is CCOC(=O)C1=C(O)/C(=C/c2ccc(N(C)C)cc2)SC1=NC(=O)c1ccc(C)cc1. The van der Waals surface area contributed by atoms with Crippen molar-refractivity contribution < 1.29 is 19.4 Å². The van der Waals surface area contributed by atoms with Gasteiger partial charge in [0.25, 0.3) is 5.91 Å². The zero-order valence-electron chi connectivity index (χ0n) is 17.9. The lowest BCUT2D eigenvalue weighted by atomic mass is 10.1. The van der Waals surface area contributed by atoms with Crippen molar-refractivity contribution in [2.45, 2.75) is 13.8 Å². The zero-order chi connectivity index (χ0) is 22.5. The lowest BCUT2D eigenvalue weighted by molar-refractivity contribution is -0.138. The van der Waals surface area contributed by atoms with E-state index in [0.29, 0.717) is 10.5 Å². The van der Waals surface area contributed by atoms with Crippen LogP contribution in [0.2, 0.25) is 0 Å². The Hall–Kier alpha value is -3.32. The highest BCUT2D eigenvalue weighted by Crippen LogP contribution is 2.39. The Labute approximate surface area is 185 Å². The summed E-state index contributed by atoms with van der Waals surface area (Å²) >= 11 is 1.07. The van der Waals surface area contributed by atoms with Gasteiger partial charge in [-0.15, -0.1) is 0 Å². The molecule has 0 aromatic heterocycles. The number of aryl methyl sites for hydroxylation is 1. The van der Waals surface area contributed by atoms with Crippen LogP contribution in [0.3, 0.4) is 0 Å². The molecule has 0 radical (unpaired) electrons. The number of rotatable bonds is 5. The molecule has 0 spiro atoms. The van der Waals surface area contributed by atoms with E-state index in [1.54, 1.807) is 25.1 Å². The number of hydrogen-bond donors (Lipinski definition) is 1. The summed E-state index contributed by atoms with van der Waals surface area (Å²) in [6.45, 7) is 3.74. The van der Waals surface area contributed by atoms with Crippen molar-refractivity contribution in [3.8, 4) is 0 Å². The maximum Gasteiger partial charge on any atom is 0.344 e. The van der Waals surface area contributed by atoms with E-state index in [0.717, 1.165) is 28.6 Å². The van der Waals surface area contributed by atoms with Crippen molar-refractivity contribution in [2.75, 3.05) is 25.6 Å². The first-order valence-electron chi connectivity index (χ1n) is 9.78. The third kappa shape index (κ3) is 5.24. The molecule has 0 unspecified atom stereocenters. The van der Waals surface area contributed by atoms with Crippen LogP contribution in [0.5, 0.6) is 0 Å². The third-order valence-corrected chi connectivity index (χ3v) is 5.60. The van der Waals surface area contributed by atoms with Gasteiger partial charge in [0, 0.05) is 25.3 Å². The van der Waals surface area contributed by atoms with Gasteiger partial charge in [0.2, 0.25) is 0 Å². The molecule has 1 aliphatic heterocycles. The maximum atomic E-state index is 12.6. The van der Waals surface area contributed by atoms with Crippen LogP contribution in [0.25, 0.3) is 6.08 Å². The van der Waals surface area contributed by atoms with Crippen LogP contribution in [-0.2, 0) is 9.53 Å². The minimum Gasteiger partial charge on any atom is -0.506 e. The van der Waals surface area contributed by atoms with Gasteiger partial charge in [-0.1, -0.05) is 41.6 Å². The van der Waals surface area contributed by atoms with Gasteiger partial charge < -0.3 is 14.7 Å². The second kappa shape index (κ2) is 9.66. The fourth-order valence-electron chi connectivity index (χ4n) is 2.86. The summed E-state index contributed by atoms with van der Waals surface area (Å²) in [5.74, 6) is -1.45. The zero-order valence-corrected chi connectivity index (χ0v) is 18.7. The summed E-state index contributed by atoms with van der Waals surface area (Å²) < 4.78 is 5.08. The average Bonchev–Trinajstić information content (AvgIpc) is 3.03. The Kier molecular flexibility index (Phi) is 6.97. The van der Waals surface area contributed by atoms with Gasteiger partial charge in [-0.2, -0.15) is 0 Å². The number of esters is 1. The van der Waals surface area contributed by atoms with Gasteiger partial charge in [-0.3, -0.25) is 4.79 Å². The van der Waals surface area contributed by atoms with Crippen molar-refractivity contribution in [1.82, 2.24) is 0 Å². The van der Waals surface area contributed by atoms with Gasteiger partial charge in [0.1, 0.15) is 16.4 Å². The number of benzene rings is 2. The molecule has 1 heterocycles. The topological polar surface area (TPSA) is 79.2 Å². The smallest absolute Gasteiger partial charge is 0.344 e. The Morgan fingerprint density at radius 3 is 2.32 bits per heavy atom. The minimum absolute atomic E-state index is 0.0940. The van der Waals surface area contributed by atoms with E-state index in [9.17, 15) is 14.7 Å². The third-order valence-electron chi connectivity index (χ3n) is 4.58.